The summed E-state index contributed by atoms with van der Waals surface area (Å²) in [5.74, 6) is 0.796. The standard InChI is InChI=1S/C9H11F3O4S/c1-5-4-8(6(2)15-5)7(3)16-17(13,14)9(10,11)12/h4,7H,1-3H3. The third-order valence-electron chi connectivity index (χ3n) is 2.07. The maximum Gasteiger partial charge on any atom is 0.523 e. The van der Waals surface area contributed by atoms with Gasteiger partial charge in [-0.25, -0.2) is 0 Å². The van der Waals surface area contributed by atoms with E-state index in [0.29, 0.717) is 11.5 Å². The molecule has 0 bridgehead atoms. The Morgan fingerprint density at radius 1 is 1.35 bits per heavy atom. The number of rotatable bonds is 3. The van der Waals surface area contributed by atoms with E-state index in [1.54, 1.807) is 6.92 Å². The smallest absolute Gasteiger partial charge is 0.466 e. The van der Waals surface area contributed by atoms with Gasteiger partial charge in [0.25, 0.3) is 0 Å². The van der Waals surface area contributed by atoms with Crippen molar-refractivity contribution in [2.45, 2.75) is 32.4 Å². The van der Waals surface area contributed by atoms with Crippen LogP contribution in [0, 0.1) is 13.8 Å². The van der Waals surface area contributed by atoms with Gasteiger partial charge in [0.1, 0.15) is 17.6 Å². The lowest BCUT2D eigenvalue weighted by molar-refractivity contribution is -0.0569. The SMILES string of the molecule is Cc1cc(C(C)OS(=O)(=O)C(F)(F)F)c(C)o1. The monoisotopic (exact) mass is 272 g/mol. The fourth-order valence-electron chi connectivity index (χ4n) is 1.35. The molecule has 1 heterocycles. The second kappa shape index (κ2) is 4.34. The molecule has 0 fully saturated rings. The minimum absolute atomic E-state index is 0.273. The molecule has 1 aromatic rings. The summed E-state index contributed by atoms with van der Waals surface area (Å²) in [4.78, 5) is 0. The van der Waals surface area contributed by atoms with Crippen LogP contribution in [0.25, 0.3) is 0 Å². The van der Waals surface area contributed by atoms with E-state index in [2.05, 4.69) is 4.18 Å². The first-order valence-corrected chi connectivity index (χ1v) is 6.02. The van der Waals surface area contributed by atoms with Crippen molar-refractivity contribution >= 4 is 10.1 Å². The number of hydrogen-bond donors (Lipinski definition) is 0. The molecule has 1 unspecified atom stereocenters. The number of furan rings is 1. The summed E-state index contributed by atoms with van der Waals surface area (Å²) in [5, 5.41) is 0. The zero-order valence-corrected chi connectivity index (χ0v) is 10.1. The first-order valence-electron chi connectivity index (χ1n) is 4.61. The van der Waals surface area contributed by atoms with Crippen LogP contribution in [-0.4, -0.2) is 13.9 Å². The van der Waals surface area contributed by atoms with E-state index in [9.17, 15) is 21.6 Å². The Morgan fingerprint density at radius 3 is 2.24 bits per heavy atom. The normalized spacial score (nSPS) is 14.9. The van der Waals surface area contributed by atoms with E-state index in [4.69, 9.17) is 4.42 Å². The Hall–Kier alpha value is -1.02. The number of hydrogen-bond acceptors (Lipinski definition) is 4. The fourth-order valence-corrected chi connectivity index (χ4v) is 1.94. The van der Waals surface area contributed by atoms with Crippen molar-refractivity contribution in [3.63, 3.8) is 0 Å². The van der Waals surface area contributed by atoms with E-state index < -0.39 is 21.7 Å². The van der Waals surface area contributed by atoms with Crippen LogP contribution in [0.4, 0.5) is 13.2 Å². The van der Waals surface area contributed by atoms with Crippen LogP contribution in [-0.2, 0) is 14.3 Å². The van der Waals surface area contributed by atoms with Gasteiger partial charge in [-0.05, 0) is 26.8 Å². The van der Waals surface area contributed by atoms with Crippen LogP contribution in [0.15, 0.2) is 10.5 Å². The van der Waals surface area contributed by atoms with Gasteiger partial charge in [0.15, 0.2) is 0 Å². The van der Waals surface area contributed by atoms with E-state index in [1.807, 2.05) is 0 Å². The molecule has 0 aliphatic rings. The third-order valence-corrected chi connectivity index (χ3v) is 3.18. The molecule has 0 radical (unpaired) electrons. The third kappa shape index (κ3) is 3.01. The van der Waals surface area contributed by atoms with Crippen molar-refractivity contribution in [3.8, 4) is 0 Å². The van der Waals surface area contributed by atoms with Gasteiger partial charge in [0, 0.05) is 5.56 Å². The molecule has 4 nitrogen and oxygen atoms in total. The van der Waals surface area contributed by atoms with E-state index in [-0.39, 0.29) is 5.56 Å². The van der Waals surface area contributed by atoms with E-state index >= 15 is 0 Å². The lowest BCUT2D eigenvalue weighted by atomic mass is 10.1. The maximum absolute atomic E-state index is 12.1. The van der Waals surface area contributed by atoms with E-state index in [0.717, 1.165) is 0 Å². The Balaban J connectivity index is 2.95. The molecule has 0 saturated carbocycles. The van der Waals surface area contributed by atoms with Gasteiger partial charge in [-0.2, -0.15) is 21.6 Å². The Morgan fingerprint density at radius 2 is 1.88 bits per heavy atom. The molecule has 0 saturated heterocycles. The average molecular weight is 272 g/mol. The van der Waals surface area contributed by atoms with Crippen molar-refractivity contribution in [3.05, 3.63) is 23.2 Å². The van der Waals surface area contributed by atoms with Crippen LogP contribution in [0.1, 0.15) is 30.1 Å². The van der Waals surface area contributed by atoms with Crippen molar-refractivity contribution < 1.29 is 30.2 Å². The minimum atomic E-state index is -5.59. The first kappa shape index (κ1) is 14.0. The molecular formula is C9H11F3O4S. The van der Waals surface area contributed by atoms with Crippen molar-refractivity contribution in [1.82, 2.24) is 0 Å². The zero-order valence-electron chi connectivity index (χ0n) is 9.33. The fraction of sp³-hybridized carbons (Fsp3) is 0.556. The van der Waals surface area contributed by atoms with Crippen LogP contribution in [0.3, 0.4) is 0 Å². The summed E-state index contributed by atoms with van der Waals surface area (Å²) in [7, 11) is -5.59. The van der Waals surface area contributed by atoms with Gasteiger partial charge in [-0.15, -0.1) is 0 Å². The second-order valence-corrected chi connectivity index (χ2v) is 5.07. The Bertz CT molecular complexity index is 501. The van der Waals surface area contributed by atoms with Gasteiger partial charge in [-0.3, -0.25) is 4.18 Å². The highest BCUT2D eigenvalue weighted by Crippen LogP contribution is 2.31. The summed E-state index contributed by atoms with van der Waals surface area (Å²) in [6, 6.07) is 1.44. The molecule has 0 amide bonds. The van der Waals surface area contributed by atoms with Crippen molar-refractivity contribution in [1.29, 1.82) is 0 Å². The molecule has 0 N–H and O–H groups in total. The molecule has 0 aromatic carbocycles. The highest BCUT2D eigenvalue weighted by molar-refractivity contribution is 7.87. The summed E-state index contributed by atoms with van der Waals surface area (Å²) in [6.45, 7) is 4.32. The quantitative estimate of drug-likeness (QED) is 0.627. The van der Waals surface area contributed by atoms with Gasteiger partial charge >= 0.3 is 15.6 Å². The zero-order chi connectivity index (χ0) is 13.4. The van der Waals surface area contributed by atoms with Crippen LogP contribution in [0.2, 0.25) is 0 Å². The molecule has 1 atom stereocenters. The molecule has 1 rings (SSSR count). The Kier molecular flexibility index (Phi) is 3.58. The lowest BCUT2D eigenvalue weighted by Gasteiger charge is -2.13. The first-order chi connectivity index (χ1) is 7.54. The van der Waals surface area contributed by atoms with Crippen molar-refractivity contribution in [2.24, 2.45) is 0 Å². The predicted octanol–water partition coefficient (Wildman–Crippen LogP) is 2.82. The lowest BCUT2D eigenvalue weighted by Crippen LogP contribution is -2.26. The molecule has 0 aliphatic carbocycles. The summed E-state index contributed by atoms with van der Waals surface area (Å²) in [6.07, 6.45) is -1.25. The van der Waals surface area contributed by atoms with Crippen LogP contribution < -0.4 is 0 Å². The minimum Gasteiger partial charge on any atom is -0.466 e. The molecule has 98 valence electrons. The number of aryl methyl sites for hydroxylation is 2. The van der Waals surface area contributed by atoms with Crippen LogP contribution >= 0.6 is 0 Å². The average Bonchev–Trinajstić information content (AvgIpc) is 2.42. The molecular weight excluding hydrogens is 261 g/mol. The number of alkyl halides is 3. The second-order valence-electron chi connectivity index (χ2n) is 3.51. The topological polar surface area (TPSA) is 56.5 Å². The largest absolute Gasteiger partial charge is 0.523 e. The van der Waals surface area contributed by atoms with Gasteiger partial charge < -0.3 is 4.42 Å². The highest BCUT2D eigenvalue weighted by Gasteiger charge is 2.48. The summed E-state index contributed by atoms with van der Waals surface area (Å²) >= 11 is 0. The number of halogens is 3. The molecule has 0 aliphatic heterocycles. The summed E-state index contributed by atoms with van der Waals surface area (Å²) < 4.78 is 66.9. The molecule has 17 heavy (non-hydrogen) atoms. The molecule has 8 heteroatoms. The molecule has 1 aromatic heterocycles. The highest BCUT2D eigenvalue weighted by atomic mass is 32.2. The van der Waals surface area contributed by atoms with Gasteiger partial charge in [0.05, 0.1) is 0 Å². The Labute approximate surface area is 96.5 Å². The van der Waals surface area contributed by atoms with Gasteiger partial charge in [0.2, 0.25) is 0 Å². The maximum atomic E-state index is 12.1. The molecule has 0 spiro atoms. The predicted molar refractivity (Wildman–Crippen MR) is 52.7 cm³/mol. The van der Waals surface area contributed by atoms with Crippen LogP contribution in [0.5, 0.6) is 0 Å². The summed E-state index contributed by atoms with van der Waals surface area (Å²) in [5.41, 5.74) is -5.15. The van der Waals surface area contributed by atoms with Gasteiger partial charge in [-0.1, -0.05) is 0 Å². The van der Waals surface area contributed by atoms with Crippen molar-refractivity contribution in [2.75, 3.05) is 0 Å². The van der Waals surface area contributed by atoms with E-state index in [1.165, 1.54) is 19.9 Å².